The minimum atomic E-state index is -0.744. The lowest BCUT2D eigenvalue weighted by Crippen LogP contribution is -2.46. The van der Waals surface area contributed by atoms with Crippen molar-refractivity contribution in [2.45, 2.75) is 50.7 Å². The SMILES string of the molecule is O=C(NC1CCCC1)C(c1ccncc1)N(Cc1ccco1)C(=O)Cc1cccs1. The summed E-state index contributed by atoms with van der Waals surface area (Å²) in [5.74, 6) is 0.374. The molecular weight excluding hydrogens is 398 g/mol. The first-order chi connectivity index (χ1) is 14.7. The molecule has 1 unspecified atom stereocenters. The van der Waals surface area contributed by atoms with Gasteiger partial charge in [0.05, 0.1) is 19.2 Å². The maximum Gasteiger partial charge on any atom is 0.247 e. The molecule has 3 aromatic rings. The monoisotopic (exact) mass is 423 g/mol. The average molecular weight is 424 g/mol. The second kappa shape index (κ2) is 9.71. The molecule has 156 valence electrons. The van der Waals surface area contributed by atoms with Crippen molar-refractivity contribution in [2.24, 2.45) is 0 Å². The van der Waals surface area contributed by atoms with E-state index in [4.69, 9.17) is 4.42 Å². The molecule has 1 atom stereocenters. The van der Waals surface area contributed by atoms with Gasteiger partial charge in [-0.1, -0.05) is 18.9 Å². The van der Waals surface area contributed by atoms with E-state index in [1.165, 1.54) is 11.3 Å². The van der Waals surface area contributed by atoms with E-state index in [-0.39, 0.29) is 30.8 Å². The third kappa shape index (κ3) is 4.97. The fourth-order valence-electron chi connectivity index (χ4n) is 3.93. The summed E-state index contributed by atoms with van der Waals surface area (Å²) in [6, 6.07) is 10.5. The summed E-state index contributed by atoms with van der Waals surface area (Å²) >= 11 is 1.54. The fraction of sp³-hybridized carbons (Fsp3) is 0.348. The Morgan fingerprint density at radius 3 is 2.63 bits per heavy atom. The second-order valence-corrected chi connectivity index (χ2v) is 8.56. The number of aromatic nitrogens is 1. The average Bonchev–Trinajstić information content (AvgIpc) is 3.52. The summed E-state index contributed by atoms with van der Waals surface area (Å²) in [5.41, 5.74) is 0.742. The van der Waals surface area contributed by atoms with E-state index in [0.717, 1.165) is 36.1 Å². The Kier molecular flexibility index (Phi) is 6.59. The summed E-state index contributed by atoms with van der Waals surface area (Å²) in [6.07, 6.45) is 9.34. The molecule has 0 aliphatic heterocycles. The minimum absolute atomic E-state index is 0.114. The van der Waals surface area contributed by atoms with Crippen LogP contribution < -0.4 is 5.32 Å². The van der Waals surface area contributed by atoms with Crippen molar-refractivity contribution in [3.63, 3.8) is 0 Å². The Morgan fingerprint density at radius 1 is 1.17 bits per heavy atom. The molecule has 0 aromatic carbocycles. The molecule has 0 bridgehead atoms. The zero-order valence-corrected chi connectivity index (χ0v) is 17.5. The van der Waals surface area contributed by atoms with Crippen LogP contribution in [0.1, 0.15) is 47.9 Å². The molecule has 2 amide bonds. The van der Waals surface area contributed by atoms with Crippen molar-refractivity contribution in [2.75, 3.05) is 0 Å². The van der Waals surface area contributed by atoms with Crippen molar-refractivity contribution in [3.05, 3.63) is 76.6 Å². The van der Waals surface area contributed by atoms with Gasteiger partial charge in [-0.25, -0.2) is 0 Å². The second-order valence-electron chi connectivity index (χ2n) is 7.53. The van der Waals surface area contributed by atoms with Crippen LogP contribution in [0.25, 0.3) is 0 Å². The van der Waals surface area contributed by atoms with E-state index in [0.29, 0.717) is 5.76 Å². The lowest BCUT2D eigenvalue weighted by molar-refractivity contribution is -0.141. The van der Waals surface area contributed by atoms with Gasteiger partial charge in [-0.2, -0.15) is 0 Å². The van der Waals surface area contributed by atoms with Gasteiger partial charge in [-0.05, 0) is 54.1 Å². The Labute approximate surface area is 179 Å². The van der Waals surface area contributed by atoms with Gasteiger partial charge in [0, 0.05) is 23.3 Å². The number of hydrogen-bond acceptors (Lipinski definition) is 5. The van der Waals surface area contributed by atoms with Crippen LogP contribution in [0.5, 0.6) is 0 Å². The highest BCUT2D eigenvalue weighted by molar-refractivity contribution is 7.10. The van der Waals surface area contributed by atoms with Crippen molar-refractivity contribution < 1.29 is 14.0 Å². The lowest BCUT2D eigenvalue weighted by Gasteiger charge is -2.31. The molecule has 3 heterocycles. The van der Waals surface area contributed by atoms with E-state index >= 15 is 0 Å². The maximum atomic E-state index is 13.4. The summed E-state index contributed by atoms with van der Waals surface area (Å²) in [6.45, 7) is 0.224. The van der Waals surface area contributed by atoms with E-state index in [9.17, 15) is 9.59 Å². The highest BCUT2D eigenvalue weighted by atomic mass is 32.1. The van der Waals surface area contributed by atoms with Gasteiger partial charge in [0.15, 0.2) is 0 Å². The van der Waals surface area contributed by atoms with Crippen LogP contribution in [-0.4, -0.2) is 27.7 Å². The van der Waals surface area contributed by atoms with Crippen molar-refractivity contribution in [3.8, 4) is 0 Å². The van der Waals surface area contributed by atoms with E-state index in [1.54, 1.807) is 41.8 Å². The standard InChI is InChI=1S/C23H25N3O3S/c27-21(15-20-8-4-14-30-20)26(16-19-7-3-13-29-19)22(17-9-11-24-12-10-17)23(28)25-18-5-1-2-6-18/h3-4,7-14,18,22H,1-2,5-6,15-16H2,(H,25,28). The third-order valence-corrected chi connectivity index (χ3v) is 6.29. The van der Waals surface area contributed by atoms with Gasteiger partial charge in [0.2, 0.25) is 11.8 Å². The van der Waals surface area contributed by atoms with Crippen molar-refractivity contribution >= 4 is 23.2 Å². The molecule has 7 heteroatoms. The molecule has 0 saturated heterocycles. The molecular formula is C23H25N3O3S. The predicted octanol–water partition coefficient (Wildman–Crippen LogP) is 4.11. The zero-order chi connectivity index (χ0) is 20.8. The van der Waals surface area contributed by atoms with Gasteiger partial charge in [-0.3, -0.25) is 14.6 Å². The molecule has 0 spiro atoms. The van der Waals surface area contributed by atoms with Crippen LogP contribution in [0.2, 0.25) is 0 Å². The summed E-state index contributed by atoms with van der Waals surface area (Å²) in [4.78, 5) is 33.5. The summed E-state index contributed by atoms with van der Waals surface area (Å²) in [5, 5.41) is 5.12. The Morgan fingerprint density at radius 2 is 1.97 bits per heavy atom. The normalized spacial score (nSPS) is 15.1. The van der Waals surface area contributed by atoms with E-state index in [2.05, 4.69) is 10.3 Å². The van der Waals surface area contributed by atoms with Crippen molar-refractivity contribution in [1.29, 1.82) is 0 Å². The number of rotatable bonds is 8. The number of furan rings is 1. The smallest absolute Gasteiger partial charge is 0.247 e. The Balaban J connectivity index is 1.65. The minimum Gasteiger partial charge on any atom is -0.467 e. The first-order valence-corrected chi connectivity index (χ1v) is 11.1. The highest BCUT2D eigenvalue weighted by Gasteiger charge is 2.33. The topological polar surface area (TPSA) is 75.4 Å². The molecule has 1 aliphatic rings. The van der Waals surface area contributed by atoms with Crippen LogP contribution in [0.4, 0.5) is 0 Å². The number of carbonyl (C=O) groups is 2. The largest absolute Gasteiger partial charge is 0.467 e. The lowest BCUT2D eigenvalue weighted by atomic mass is 10.0. The first-order valence-electron chi connectivity index (χ1n) is 10.3. The van der Waals surface area contributed by atoms with Gasteiger partial charge in [0.25, 0.3) is 0 Å². The fourth-order valence-corrected chi connectivity index (χ4v) is 4.62. The summed E-state index contributed by atoms with van der Waals surface area (Å²) in [7, 11) is 0. The van der Waals surface area contributed by atoms with Crippen LogP contribution in [0.3, 0.4) is 0 Å². The quantitative estimate of drug-likeness (QED) is 0.592. The Bertz CT molecular complexity index is 936. The van der Waals surface area contributed by atoms with Crippen LogP contribution in [0.15, 0.2) is 64.9 Å². The number of thiophene rings is 1. The van der Waals surface area contributed by atoms with Crippen LogP contribution in [-0.2, 0) is 22.6 Å². The predicted molar refractivity (Wildman–Crippen MR) is 115 cm³/mol. The summed E-state index contributed by atoms with van der Waals surface area (Å²) < 4.78 is 5.51. The number of amides is 2. The Hall–Kier alpha value is -2.93. The van der Waals surface area contributed by atoms with Gasteiger partial charge in [-0.15, -0.1) is 11.3 Å². The molecule has 0 radical (unpaired) electrons. The van der Waals surface area contributed by atoms with Gasteiger partial charge < -0.3 is 14.6 Å². The van der Waals surface area contributed by atoms with Gasteiger partial charge in [0.1, 0.15) is 11.8 Å². The number of hydrogen-bond donors (Lipinski definition) is 1. The highest BCUT2D eigenvalue weighted by Crippen LogP contribution is 2.27. The zero-order valence-electron chi connectivity index (χ0n) is 16.7. The maximum absolute atomic E-state index is 13.4. The number of nitrogens with zero attached hydrogens (tertiary/aromatic N) is 2. The van der Waals surface area contributed by atoms with E-state index < -0.39 is 6.04 Å². The number of pyridine rings is 1. The van der Waals surface area contributed by atoms with Crippen LogP contribution >= 0.6 is 11.3 Å². The molecule has 6 nitrogen and oxygen atoms in total. The molecule has 3 aromatic heterocycles. The molecule has 1 N–H and O–H groups in total. The molecule has 1 aliphatic carbocycles. The van der Waals surface area contributed by atoms with Gasteiger partial charge >= 0.3 is 0 Å². The third-order valence-electron chi connectivity index (χ3n) is 5.42. The molecule has 30 heavy (non-hydrogen) atoms. The molecule has 1 fully saturated rings. The molecule has 4 rings (SSSR count). The number of nitrogens with one attached hydrogen (secondary N) is 1. The number of carbonyl (C=O) groups excluding carboxylic acids is 2. The van der Waals surface area contributed by atoms with E-state index in [1.807, 2.05) is 23.6 Å². The first kappa shape index (κ1) is 20.3. The van der Waals surface area contributed by atoms with Crippen LogP contribution in [0, 0.1) is 0 Å². The molecule has 1 saturated carbocycles. The van der Waals surface area contributed by atoms with Crippen molar-refractivity contribution in [1.82, 2.24) is 15.2 Å².